The number of aromatic nitrogens is 2. The zero-order valence-electron chi connectivity index (χ0n) is 18.6. The Bertz CT molecular complexity index is 1270. The molecule has 0 saturated carbocycles. The van der Waals surface area contributed by atoms with Crippen LogP contribution < -0.4 is 9.30 Å². The number of rotatable bonds is 1. The summed E-state index contributed by atoms with van der Waals surface area (Å²) in [7, 11) is 0. The maximum absolute atomic E-state index is 6.34. The van der Waals surface area contributed by atoms with Crippen LogP contribution >= 0.6 is 0 Å². The number of ether oxygens (including phenoxy) is 1. The van der Waals surface area contributed by atoms with Crippen LogP contribution in [0.15, 0.2) is 60.7 Å². The van der Waals surface area contributed by atoms with E-state index in [1.165, 1.54) is 11.1 Å². The summed E-state index contributed by atoms with van der Waals surface area (Å²) in [5.41, 5.74) is 7.04. The first-order chi connectivity index (χ1) is 14.1. The van der Waals surface area contributed by atoms with Gasteiger partial charge >= 0.3 is 0 Å². The van der Waals surface area contributed by atoms with Gasteiger partial charge in [-0.25, -0.2) is 0 Å². The first-order valence-corrected chi connectivity index (χ1v) is 10.6. The molecule has 5 rings (SSSR count). The lowest BCUT2D eigenvalue weighted by Gasteiger charge is -2.24. The summed E-state index contributed by atoms with van der Waals surface area (Å²) in [6.45, 7) is 13.4. The minimum Gasteiger partial charge on any atom is -0.465 e. The molecule has 0 atom stereocenters. The maximum atomic E-state index is 6.34. The number of hydrogen-bond donors (Lipinski definition) is 0. The van der Waals surface area contributed by atoms with Gasteiger partial charge in [0.15, 0.2) is 0 Å². The van der Waals surface area contributed by atoms with E-state index in [4.69, 9.17) is 4.74 Å². The SMILES string of the molecule is CC(C)(C)c1ccc(-n2[c-][n+]3c4c(cccc42)Oc2cc(C(C)(C)C)ccc2-3)cc1. The smallest absolute Gasteiger partial charge is 0.270 e. The van der Waals surface area contributed by atoms with E-state index < -0.39 is 0 Å². The van der Waals surface area contributed by atoms with Crippen LogP contribution in [0.5, 0.6) is 11.5 Å². The number of hydrogen-bond acceptors (Lipinski definition) is 1. The minimum atomic E-state index is 0.0692. The Kier molecular flexibility index (Phi) is 3.92. The van der Waals surface area contributed by atoms with Crippen LogP contribution in [0.4, 0.5) is 0 Å². The van der Waals surface area contributed by atoms with Crippen molar-refractivity contribution in [2.45, 2.75) is 52.4 Å². The highest BCUT2D eigenvalue weighted by molar-refractivity contribution is 5.82. The third-order valence-corrected chi connectivity index (χ3v) is 5.92. The average Bonchev–Trinajstić information content (AvgIpc) is 3.08. The monoisotopic (exact) mass is 396 g/mol. The lowest BCUT2D eigenvalue weighted by molar-refractivity contribution is -0.575. The van der Waals surface area contributed by atoms with Gasteiger partial charge in [0.2, 0.25) is 0 Å². The predicted octanol–water partition coefficient (Wildman–Crippen LogP) is 6.41. The first-order valence-electron chi connectivity index (χ1n) is 10.6. The molecule has 1 aliphatic heterocycles. The van der Waals surface area contributed by atoms with Crippen molar-refractivity contribution in [3.63, 3.8) is 0 Å². The highest BCUT2D eigenvalue weighted by atomic mass is 16.5. The molecule has 0 fully saturated rings. The van der Waals surface area contributed by atoms with Gasteiger partial charge < -0.3 is 4.74 Å². The van der Waals surface area contributed by atoms with Crippen LogP contribution in [-0.4, -0.2) is 4.57 Å². The molecule has 0 saturated heterocycles. The zero-order chi connectivity index (χ0) is 21.3. The second-order valence-electron chi connectivity index (χ2n) is 10.2. The molecular weight excluding hydrogens is 368 g/mol. The predicted molar refractivity (Wildman–Crippen MR) is 121 cm³/mol. The fraction of sp³-hybridized carbons (Fsp3) is 0.296. The number of nitrogens with zero attached hydrogens (tertiary/aromatic N) is 2. The van der Waals surface area contributed by atoms with Crippen molar-refractivity contribution >= 4 is 11.0 Å². The van der Waals surface area contributed by atoms with Crippen molar-refractivity contribution < 1.29 is 9.30 Å². The molecule has 152 valence electrons. The minimum absolute atomic E-state index is 0.0692. The summed E-state index contributed by atoms with van der Waals surface area (Å²) < 4.78 is 10.6. The molecule has 0 unspecified atom stereocenters. The molecule has 3 heteroatoms. The quantitative estimate of drug-likeness (QED) is 0.236. The van der Waals surface area contributed by atoms with Crippen molar-refractivity contribution in [2.75, 3.05) is 0 Å². The Hall–Kier alpha value is -3.07. The lowest BCUT2D eigenvalue weighted by atomic mass is 9.87. The van der Waals surface area contributed by atoms with Crippen LogP contribution in [0.1, 0.15) is 52.7 Å². The molecule has 0 N–H and O–H groups in total. The molecule has 0 bridgehead atoms. The molecule has 3 aromatic carbocycles. The van der Waals surface area contributed by atoms with E-state index in [9.17, 15) is 0 Å². The van der Waals surface area contributed by atoms with Gasteiger partial charge in [-0.05, 0) is 52.3 Å². The van der Waals surface area contributed by atoms with E-state index in [0.29, 0.717) is 0 Å². The second-order valence-corrected chi connectivity index (χ2v) is 10.2. The van der Waals surface area contributed by atoms with E-state index in [1.807, 2.05) is 6.07 Å². The van der Waals surface area contributed by atoms with Crippen LogP contribution in [0, 0.1) is 6.33 Å². The van der Waals surface area contributed by atoms with E-state index in [2.05, 4.69) is 112 Å². The van der Waals surface area contributed by atoms with Crippen LogP contribution in [0.2, 0.25) is 0 Å². The molecule has 2 heterocycles. The van der Waals surface area contributed by atoms with Crippen molar-refractivity contribution in [1.82, 2.24) is 4.57 Å². The van der Waals surface area contributed by atoms with Crippen LogP contribution in [0.25, 0.3) is 22.4 Å². The van der Waals surface area contributed by atoms with Gasteiger partial charge in [0.25, 0.3) is 6.33 Å². The van der Waals surface area contributed by atoms with Crippen molar-refractivity contribution in [1.29, 1.82) is 0 Å². The molecule has 1 aliphatic rings. The third-order valence-electron chi connectivity index (χ3n) is 5.92. The van der Waals surface area contributed by atoms with Crippen molar-refractivity contribution in [2.24, 2.45) is 0 Å². The zero-order valence-corrected chi connectivity index (χ0v) is 18.6. The lowest BCUT2D eigenvalue weighted by Crippen LogP contribution is -2.33. The Labute approximate surface area is 178 Å². The first kappa shape index (κ1) is 18.9. The summed E-state index contributed by atoms with van der Waals surface area (Å²) in [6, 6.07) is 21.5. The number of benzene rings is 3. The van der Waals surface area contributed by atoms with E-state index in [-0.39, 0.29) is 10.8 Å². The van der Waals surface area contributed by atoms with E-state index >= 15 is 0 Å². The van der Waals surface area contributed by atoms with Gasteiger partial charge in [0, 0.05) is 0 Å². The number of fused-ring (bicyclic) bond motifs is 2. The molecule has 0 aliphatic carbocycles. The fourth-order valence-corrected chi connectivity index (χ4v) is 4.05. The molecule has 0 radical (unpaired) electrons. The Morgan fingerprint density at radius 1 is 0.767 bits per heavy atom. The molecule has 1 aromatic heterocycles. The van der Waals surface area contributed by atoms with Gasteiger partial charge in [-0.15, -0.1) is 0 Å². The van der Waals surface area contributed by atoms with Gasteiger partial charge in [0.1, 0.15) is 22.7 Å². The molecular formula is C27H28N2O. The molecule has 30 heavy (non-hydrogen) atoms. The van der Waals surface area contributed by atoms with Crippen LogP contribution in [-0.2, 0) is 10.8 Å². The fourth-order valence-electron chi connectivity index (χ4n) is 4.05. The maximum Gasteiger partial charge on any atom is 0.270 e. The van der Waals surface area contributed by atoms with Gasteiger partial charge in [0.05, 0.1) is 11.2 Å². The summed E-state index contributed by atoms with van der Waals surface area (Å²) >= 11 is 0. The molecule has 0 spiro atoms. The summed E-state index contributed by atoms with van der Waals surface area (Å²) in [6.07, 6.45) is 3.57. The summed E-state index contributed by atoms with van der Waals surface area (Å²) in [5, 5.41) is 0. The third kappa shape index (κ3) is 2.92. The van der Waals surface area contributed by atoms with E-state index in [1.54, 1.807) is 0 Å². The van der Waals surface area contributed by atoms with Gasteiger partial charge in [-0.3, -0.25) is 9.13 Å². The standard InChI is InChI=1S/C27H28N2O/c1-26(2,3)18-10-13-20(14-11-18)28-17-29-21-15-12-19(27(4,5)6)16-24(21)30-23-9-7-8-22(28)25(23)29/h7-16H,1-6H3. The topological polar surface area (TPSA) is 18.0 Å². The Morgan fingerprint density at radius 2 is 1.43 bits per heavy atom. The Morgan fingerprint density at radius 3 is 2.10 bits per heavy atom. The largest absolute Gasteiger partial charge is 0.465 e. The highest BCUT2D eigenvalue weighted by Crippen LogP contribution is 2.38. The molecule has 0 amide bonds. The van der Waals surface area contributed by atoms with Gasteiger partial charge in [-0.1, -0.05) is 71.9 Å². The molecule has 4 aromatic rings. The Balaban J connectivity index is 1.69. The normalized spacial score (nSPS) is 13.3. The highest BCUT2D eigenvalue weighted by Gasteiger charge is 2.25. The number of para-hydroxylation sites is 1. The van der Waals surface area contributed by atoms with Crippen molar-refractivity contribution in [3.8, 4) is 22.9 Å². The van der Waals surface area contributed by atoms with Gasteiger partial charge in [-0.2, -0.15) is 0 Å². The second kappa shape index (κ2) is 6.21. The summed E-state index contributed by atoms with van der Waals surface area (Å²) in [5.74, 6) is 1.75. The molecule has 3 nitrogen and oxygen atoms in total. The van der Waals surface area contributed by atoms with Crippen LogP contribution in [0.3, 0.4) is 0 Å². The summed E-state index contributed by atoms with van der Waals surface area (Å²) in [4.78, 5) is 0. The van der Waals surface area contributed by atoms with E-state index in [0.717, 1.165) is 33.9 Å². The average molecular weight is 397 g/mol. The number of imidazole rings is 1. The van der Waals surface area contributed by atoms with Crippen molar-refractivity contribution in [3.05, 3.63) is 78.1 Å².